The molecule has 0 aliphatic heterocycles. The van der Waals surface area contributed by atoms with Crippen LogP contribution >= 0.6 is 11.6 Å². The molecule has 0 radical (unpaired) electrons. The molecular weight excluding hydrogens is 278 g/mol. The summed E-state index contributed by atoms with van der Waals surface area (Å²) in [5.41, 5.74) is 1.56. The first-order valence-electron chi connectivity index (χ1n) is 5.84. The van der Waals surface area contributed by atoms with Crippen molar-refractivity contribution in [1.29, 1.82) is 0 Å². The van der Waals surface area contributed by atoms with Crippen LogP contribution in [0.4, 0.5) is 0 Å². The van der Waals surface area contributed by atoms with E-state index >= 15 is 0 Å². The molecule has 4 nitrogen and oxygen atoms in total. The highest BCUT2D eigenvalue weighted by atomic mass is 35.5. The number of carbonyl (C=O) groups is 1. The molecule has 0 aliphatic rings. The molecule has 0 unspecified atom stereocenters. The van der Waals surface area contributed by atoms with Crippen molar-refractivity contribution >= 4 is 23.6 Å². The summed E-state index contributed by atoms with van der Waals surface area (Å²) in [6.07, 6.45) is 5.62. The van der Waals surface area contributed by atoms with E-state index in [1.807, 2.05) is 13.0 Å². The molecule has 0 amide bonds. The summed E-state index contributed by atoms with van der Waals surface area (Å²) in [6, 6.07) is 7.04. The monoisotopic (exact) mass is 289 g/mol. The maximum absolute atomic E-state index is 10.5. The molecule has 5 heteroatoms. The Morgan fingerprint density at radius 3 is 2.80 bits per heavy atom. The smallest absolute Gasteiger partial charge is 0.328 e. The Bertz CT molecular complexity index is 668. The molecule has 2 aromatic rings. The van der Waals surface area contributed by atoms with Crippen LogP contribution in [0.5, 0.6) is 11.5 Å². The lowest BCUT2D eigenvalue weighted by molar-refractivity contribution is -0.131. The Morgan fingerprint density at radius 1 is 1.30 bits per heavy atom. The Balaban J connectivity index is 2.19. The molecule has 0 saturated heterocycles. The molecule has 0 atom stereocenters. The molecule has 20 heavy (non-hydrogen) atoms. The number of ether oxygens (including phenoxy) is 1. The molecule has 0 bridgehead atoms. The molecule has 1 heterocycles. The van der Waals surface area contributed by atoms with Gasteiger partial charge in [0.15, 0.2) is 0 Å². The fourth-order valence-electron chi connectivity index (χ4n) is 1.57. The number of rotatable bonds is 4. The topological polar surface area (TPSA) is 59.4 Å². The van der Waals surface area contributed by atoms with Crippen LogP contribution in [-0.4, -0.2) is 16.1 Å². The molecule has 0 saturated carbocycles. The van der Waals surface area contributed by atoms with E-state index in [-0.39, 0.29) is 0 Å². The Morgan fingerprint density at radius 2 is 2.10 bits per heavy atom. The van der Waals surface area contributed by atoms with Crippen molar-refractivity contribution in [2.75, 3.05) is 0 Å². The van der Waals surface area contributed by atoms with Crippen LogP contribution in [-0.2, 0) is 4.79 Å². The maximum atomic E-state index is 10.5. The SMILES string of the molecule is Cc1cc(Oc2cncc(/C=C/C(=O)O)c2)ccc1Cl. The number of hydrogen-bond acceptors (Lipinski definition) is 3. The highest BCUT2D eigenvalue weighted by Crippen LogP contribution is 2.26. The Labute approximate surface area is 121 Å². The number of aromatic nitrogens is 1. The van der Waals surface area contributed by atoms with Crippen LogP contribution in [0.15, 0.2) is 42.7 Å². The summed E-state index contributed by atoms with van der Waals surface area (Å²) >= 11 is 5.95. The first-order chi connectivity index (χ1) is 9.54. The molecule has 1 N–H and O–H groups in total. The van der Waals surface area contributed by atoms with Gasteiger partial charge in [-0.1, -0.05) is 11.6 Å². The van der Waals surface area contributed by atoms with Gasteiger partial charge in [0.05, 0.1) is 6.20 Å². The van der Waals surface area contributed by atoms with Crippen molar-refractivity contribution in [2.45, 2.75) is 6.92 Å². The molecule has 0 spiro atoms. The van der Waals surface area contributed by atoms with Gasteiger partial charge in [-0.15, -0.1) is 0 Å². The van der Waals surface area contributed by atoms with E-state index in [0.717, 1.165) is 11.6 Å². The maximum Gasteiger partial charge on any atom is 0.328 e. The third-order valence-electron chi connectivity index (χ3n) is 2.52. The van der Waals surface area contributed by atoms with Gasteiger partial charge in [0.1, 0.15) is 11.5 Å². The van der Waals surface area contributed by atoms with Gasteiger partial charge < -0.3 is 9.84 Å². The summed E-state index contributed by atoms with van der Waals surface area (Å²) in [5, 5.41) is 9.26. The van der Waals surface area contributed by atoms with E-state index < -0.39 is 5.97 Å². The minimum Gasteiger partial charge on any atom is -0.478 e. The lowest BCUT2D eigenvalue weighted by Gasteiger charge is -2.07. The number of pyridine rings is 1. The zero-order chi connectivity index (χ0) is 14.5. The molecule has 1 aromatic carbocycles. The standard InChI is InChI=1S/C15H12ClNO3/c1-10-6-12(3-4-14(10)16)20-13-7-11(8-17-9-13)2-5-15(18)19/h2-9H,1H3,(H,18,19)/b5-2+. The largest absolute Gasteiger partial charge is 0.478 e. The minimum absolute atomic E-state index is 0.527. The molecule has 2 rings (SSSR count). The van der Waals surface area contributed by atoms with E-state index in [2.05, 4.69) is 4.98 Å². The number of carboxylic acid groups (broad SMARTS) is 1. The summed E-state index contributed by atoms with van der Waals surface area (Å²) in [5.74, 6) is 0.164. The number of hydrogen-bond donors (Lipinski definition) is 1. The van der Waals surface area contributed by atoms with Crippen molar-refractivity contribution in [1.82, 2.24) is 4.98 Å². The van der Waals surface area contributed by atoms with Crippen LogP contribution in [0, 0.1) is 6.92 Å². The number of aliphatic carboxylic acids is 1. The zero-order valence-corrected chi connectivity index (χ0v) is 11.5. The third-order valence-corrected chi connectivity index (χ3v) is 2.94. The van der Waals surface area contributed by atoms with Gasteiger partial charge >= 0.3 is 5.97 Å². The minimum atomic E-state index is -1.01. The van der Waals surface area contributed by atoms with Gasteiger partial charge in [0, 0.05) is 17.3 Å². The second kappa shape index (κ2) is 6.21. The van der Waals surface area contributed by atoms with Gasteiger partial charge in [-0.2, -0.15) is 0 Å². The van der Waals surface area contributed by atoms with Gasteiger partial charge in [-0.05, 0) is 48.4 Å². The average Bonchev–Trinajstić information content (AvgIpc) is 2.41. The molecule has 102 valence electrons. The van der Waals surface area contributed by atoms with E-state index in [0.29, 0.717) is 22.1 Å². The van der Waals surface area contributed by atoms with Gasteiger partial charge in [0.2, 0.25) is 0 Å². The van der Waals surface area contributed by atoms with Crippen LogP contribution in [0.1, 0.15) is 11.1 Å². The van der Waals surface area contributed by atoms with Crippen molar-refractivity contribution in [2.24, 2.45) is 0 Å². The summed E-state index contributed by atoms with van der Waals surface area (Å²) in [6.45, 7) is 1.89. The number of benzene rings is 1. The highest BCUT2D eigenvalue weighted by Gasteiger charge is 2.01. The predicted octanol–water partition coefficient (Wildman–Crippen LogP) is 3.93. The number of aryl methyl sites for hydroxylation is 1. The van der Waals surface area contributed by atoms with Crippen molar-refractivity contribution < 1.29 is 14.6 Å². The first-order valence-corrected chi connectivity index (χ1v) is 6.22. The summed E-state index contributed by atoms with van der Waals surface area (Å²) < 4.78 is 5.66. The number of halogens is 1. The highest BCUT2D eigenvalue weighted by molar-refractivity contribution is 6.31. The fourth-order valence-corrected chi connectivity index (χ4v) is 1.68. The number of carboxylic acids is 1. The molecule has 0 fully saturated rings. The van der Waals surface area contributed by atoms with Crippen molar-refractivity contribution in [3.8, 4) is 11.5 Å². The normalized spacial score (nSPS) is 10.7. The van der Waals surface area contributed by atoms with Gasteiger partial charge in [0.25, 0.3) is 0 Å². The van der Waals surface area contributed by atoms with Crippen LogP contribution in [0.2, 0.25) is 5.02 Å². The van der Waals surface area contributed by atoms with Crippen molar-refractivity contribution in [3.05, 3.63) is 58.9 Å². The lowest BCUT2D eigenvalue weighted by Crippen LogP contribution is -1.89. The Kier molecular flexibility index (Phi) is 4.38. The van der Waals surface area contributed by atoms with Crippen molar-refractivity contribution in [3.63, 3.8) is 0 Å². The number of nitrogens with zero attached hydrogens (tertiary/aromatic N) is 1. The van der Waals surface area contributed by atoms with E-state index in [1.54, 1.807) is 30.6 Å². The van der Waals surface area contributed by atoms with Gasteiger partial charge in [-0.3, -0.25) is 4.98 Å². The molecular formula is C15H12ClNO3. The third kappa shape index (κ3) is 3.83. The predicted molar refractivity (Wildman–Crippen MR) is 77.2 cm³/mol. The van der Waals surface area contributed by atoms with Gasteiger partial charge in [-0.25, -0.2) is 4.79 Å². The lowest BCUT2D eigenvalue weighted by atomic mass is 10.2. The quantitative estimate of drug-likeness (QED) is 0.866. The molecule has 1 aromatic heterocycles. The van der Waals surface area contributed by atoms with E-state index in [4.69, 9.17) is 21.4 Å². The molecule has 0 aliphatic carbocycles. The second-order valence-electron chi connectivity index (χ2n) is 4.14. The Hall–Kier alpha value is -2.33. The summed E-state index contributed by atoms with van der Waals surface area (Å²) in [7, 11) is 0. The fraction of sp³-hybridized carbons (Fsp3) is 0.0667. The van der Waals surface area contributed by atoms with Crippen LogP contribution in [0.3, 0.4) is 0 Å². The van der Waals surface area contributed by atoms with E-state index in [1.165, 1.54) is 6.08 Å². The zero-order valence-electron chi connectivity index (χ0n) is 10.7. The first kappa shape index (κ1) is 14.1. The van der Waals surface area contributed by atoms with E-state index in [9.17, 15) is 4.79 Å². The average molecular weight is 290 g/mol. The second-order valence-corrected chi connectivity index (χ2v) is 4.55. The van der Waals surface area contributed by atoms with Crippen LogP contribution in [0.25, 0.3) is 6.08 Å². The van der Waals surface area contributed by atoms with Crippen LogP contribution < -0.4 is 4.74 Å². The summed E-state index contributed by atoms with van der Waals surface area (Å²) in [4.78, 5) is 14.5.